The van der Waals surface area contributed by atoms with E-state index in [1.165, 1.54) is 4.90 Å². The molecule has 1 aliphatic rings. The number of carbonyl (C=O) groups is 3. The monoisotopic (exact) mass is 457 g/mol. The van der Waals surface area contributed by atoms with Crippen LogP contribution in [0, 0.1) is 0 Å². The van der Waals surface area contributed by atoms with Gasteiger partial charge in [0.15, 0.2) is 0 Å². The van der Waals surface area contributed by atoms with Gasteiger partial charge in [0.1, 0.15) is 5.75 Å². The Balaban J connectivity index is 1.43. The van der Waals surface area contributed by atoms with Crippen LogP contribution in [-0.2, 0) is 6.54 Å². The molecule has 0 spiro atoms. The SMILES string of the molecule is COc1ccc(C(CNC(=O)c2cccc(CN3C(=O)c4ccccc4C3=O)c2)N(C)C)cc1. The fourth-order valence-electron chi connectivity index (χ4n) is 4.09. The van der Waals surface area contributed by atoms with Crippen molar-refractivity contribution >= 4 is 17.7 Å². The Hall–Kier alpha value is -3.97. The highest BCUT2D eigenvalue weighted by atomic mass is 16.5. The van der Waals surface area contributed by atoms with Gasteiger partial charge in [-0.2, -0.15) is 0 Å². The van der Waals surface area contributed by atoms with Crippen molar-refractivity contribution in [3.63, 3.8) is 0 Å². The van der Waals surface area contributed by atoms with Crippen molar-refractivity contribution in [3.8, 4) is 5.75 Å². The maximum atomic E-state index is 12.9. The Morgan fingerprint density at radius 2 is 1.59 bits per heavy atom. The molecule has 3 amide bonds. The smallest absolute Gasteiger partial charge is 0.261 e. The van der Waals surface area contributed by atoms with Crippen molar-refractivity contribution < 1.29 is 19.1 Å². The van der Waals surface area contributed by atoms with Crippen molar-refractivity contribution in [2.45, 2.75) is 12.6 Å². The van der Waals surface area contributed by atoms with Crippen molar-refractivity contribution in [1.82, 2.24) is 15.1 Å². The number of amides is 3. The molecule has 0 fully saturated rings. The lowest BCUT2D eigenvalue weighted by Gasteiger charge is -2.25. The molecule has 174 valence electrons. The third-order valence-electron chi connectivity index (χ3n) is 5.99. The largest absolute Gasteiger partial charge is 0.497 e. The number of hydrogen-bond acceptors (Lipinski definition) is 5. The van der Waals surface area contributed by atoms with Crippen molar-refractivity contribution in [1.29, 1.82) is 0 Å². The van der Waals surface area contributed by atoms with Crippen molar-refractivity contribution in [2.75, 3.05) is 27.7 Å². The summed E-state index contributed by atoms with van der Waals surface area (Å²) < 4.78 is 5.23. The minimum atomic E-state index is -0.316. The Morgan fingerprint density at radius 1 is 0.941 bits per heavy atom. The van der Waals surface area contributed by atoms with Crippen LogP contribution in [0.1, 0.15) is 48.2 Å². The normalized spacial score (nSPS) is 13.7. The summed E-state index contributed by atoms with van der Waals surface area (Å²) in [6, 6.07) is 21.6. The zero-order valence-electron chi connectivity index (χ0n) is 19.4. The maximum absolute atomic E-state index is 12.9. The molecular weight excluding hydrogens is 430 g/mol. The number of nitrogens with zero attached hydrogens (tertiary/aromatic N) is 2. The number of methoxy groups -OCH3 is 1. The van der Waals surface area contributed by atoms with E-state index in [0.717, 1.165) is 11.3 Å². The molecule has 34 heavy (non-hydrogen) atoms. The molecule has 7 nitrogen and oxygen atoms in total. The quantitative estimate of drug-likeness (QED) is 0.524. The van der Waals surface area contributed by atoms with E-state index in [2.05, 4.69) is 5.32 Å². The van der Waals surface area contributed by atoms with E-state index in [-0.39, 0.29) is 30.3 Å². The topological polar surface area (TPSA) is 79.0 Å². The third-order valence-corrected chi connectivity index (χ3v) is 5.99. The first-order valence-electron chi connectivity index (χ1n) is 11.0. The first kappa shape index (κ1) is 23.2. The molecule has 1 unspecified atom stereocenters. The molecule has 0 saturated heterocycles. The number of rotatable bonds is 8. The van der Waals surface area contributed by atoms with Crippen LogP contribution in [0.2, 0.25) is 0 Å². The molecule has 1 N–H and O–H groups in total. The second-order valence-electron chi connectivity index (χ2n) is 8.41. The van der Waals surface area contributed by atoms with Gasteiger partial charge in [0.25, 0.3) is 17.7 Å². The van der Waals surface area contributed by atoms with Crippen LogP contribution in [0.15, 0.2) is 72.8 Å². The fourth-order valence-corrected chi connectivity index (χ4v) is 4.09. The van der Waals surface area contributed by atoms with E-state index in [9.17, 15) is 14.4 Å². The van der Waals surface area contributed by atoms with Crippen LogP contribution in [0.5, 0.6) is 5.75 Å². The molecule has 0 aromatic heterocycles. The van der Waals surface area contributed by atoms with E-state index in [0.29, 0.717) is 28.8 Å². The number of ether oxygens (including phenoxy) is 1. The summed E-state index contributed by atoms with van der Waals surface area (Å²) in [5, 5.41) is 3.00. The summed E-state index contributed by atoms with van der Waals surface area (Å²) in [7, 11) is 5.55. The summed E-state index contributed by atoms with van der Waals surface area (Å²) >= 11 is 0. The van der Waals surface area contributed by atoms with Gasteiger partial charge in [-0.3, -0.25) is 19.3 Å². The highest BCUT2D eigenvalue weighted by Crippen LogP contribution is 2.25. The Labute approximate surface area is 198 Å². The molecular formula is C27H27N3O4. The molecule has 0 bridgehead atoms. The zero-order valence-corrected chi connectivity index (χ0v) is 19.4. The summed E-state index contributed by atoms with van der Waals surface area (Å²) in [4.78, 5) is 41.5. The molecule has 0 saturated carbocycles. The molecule has 4 rings (SSSR count). The predicted octanol–water partition coefficient (Wildman–Crippen LogP) is 3.52. The molecule has 7 heteroatoms. The maximum Gasteiger partial charge on any atom is 0.261 e. The van der Waals surface area contributed by atoms with Gasteiger partial charge < -0.3 is 15.0 Å². The Bertz CT molecular complexity index is 1190. The lowest BCUT2D eigenvalue weighted by molar-refractivity contribution is 0.0642. The molecule has 0 radical (unpaired) electrons. The molecule has 1 atom stereocenters. The molecule has 0 aliphatic carbocycles. The van der Waals surface area contributed by atoms with E-state index in [1.807, 2.05) is 43.3 Å². The van der Waals surface area contributed by atoms with E-state index in [1.54, 1.807) is 55.6 Å². The fraction of sp³-hybridized carbons (Fsp3) is 0.222. The van der Waals surface area contributed by atoms with Crippen LogP contribution >= 0.6 is 0 Å². The standard InChI is InChI=1S/C27H27N3O4/c1-29(2)24(19-11-13-21(34-3)14-12-19)16-28-25(31)20-8-6-7-18(15-20)17-30-26(32)22-9-4-5-10-23(22)27(30)33/h4-15,24H,16-17H2,1-3H3,(H,28,31). The van der Waals surface area contributed by atoms with Gasteiger partial charge in [0.2, 0.25) is 0 Å². The highest BCUT2D eigenvalue weighted by Gasteiger charge is 2.35. The minimum absolute atomic E-state index is 0.0172. The number of carbonyl (C=O) groups excluding carboxylic acids is 3. The van der Waals surface area contributed by atoms with E-state index in [4.69, 9.17) is 4.74 Å². The van der Waals surface area contributed by atoms with Crippen LogP contribution in [0.4, 0.5) is 0 Å². The zero-order chi connectivity index (χ0) is 24.2. The van der Waals surface area contributed by atoms with Gasteiger partial charge in [-0.05, 0) is 61.6 Å². The summed E-state index contributed by atoms with van der Waals surface area (Å²) in [6.07, 6.45) is 0. The summed E-state index contributed by atoms with van der Waals surface area (Å²) in [5.74, 6) is -0.0720. The number of hydrogen-bond donors (Lipinski definition) is 1. The Kier molecular flexibility index (Phi) is 6.75. The van der Waals surface area contributed by atoms with Crippen molar-refractivity contribution in [2.24, 2.45) is 0 Å². The Morgan fingerprint density at radius 3 is 2.18 bits per heavy atom. The lowest BCUT2D eigenvalue weighted by atomic mass is 10.1. The van der Waals surface area contributed by atoms with Crippen LogP contribution < -0.4 is 10.1 Å². The number of likely N-dealkylation sites (N-methyl/N-ethyl adjacent to an activating group) is 1. The molecule has 1 aliphatic heterocycles. The molecule has 1 heterocycles. The molecule has 3 aromatic rings. The summed E-state index contributed by atoms with van der Waals surface area (Å²) in [6.45, 7) is 0.528. The van der Waals surface area contributed by atoms with E-state index >= 15 is 0 Å². The van der Waals surface area contributed by atoms with Gasteiger partial charge in [-0.15, -0.1) is 0 Å². The first-order chi connectivity index (χ1) is 16.4. The number of fused-ring (bicyclic) bond motifs is 1. The molecule has 3 aromatic carbocycles. The second kappa shape index (κ2) is 9.89. The average molecular weight is 458 g/mol. The van der Waals surface area contributed by atoms with Gasteiger partial charge in [-0.25, -0.2) is 0 Å². The highest BCUT2D eigenvalue weighted by molar-refractivity contribution is 6.21. The predicted molar refractivity (Wildman–Crippen MR) is 129 cm³/mol. The van der Waals surface area contributed by atoms with Gasteiger partial charge in [0, 0.05) is 12.1 Å². The first-order valence-corrected chi connectivity index (χ1v) is 11.0. The van der Waals surface area contributed by atoms with Crippen LogP contribution in [-0.4, -0.2) is 55.3 Å². The number of imide groups is 1. The third kappa shape index (κ3) is 4.70. The van der Waals surface area contributed by atoms with E-state index < -0.39 is 0 Å². The summed E-state index contributed by atoms with van der Waals surface area (Å²) in [5.41, 5.74) is 3.07. The number of benzene rings is 3. The van der Waals surface area contributed by atoms with Gasteiger partial charge in [0.05, 0.1) is 30.8 Å². The minimum Gasteiger partial charge on any atom is -0.497 e. The number of nitrogens with one attached hydrogen (secondary N) is 1. The van der Waals surface area contributed by atoms with Crippen molar-refractivity contribution in [3.05, 3.63) is 101 Å². The second-order valence-corrected chi connectivity index (χ2v) is 8.41. The van der Waals surface area contributed by atoms with Gasteiger partial charge in [-0.1, -0.05) is 36.4 Å². The van der Waals surface area contributed by atoms with Crippen LogP contribution in [0.3, 0.4) is 0 Å². The average Bonchev–Trinajstić information content (AvgIpc) is 3.09. The van der Waals surface area contributed by atoms with Gasteiger partial charge >= 0.3 is 0 Å². The van der Waals surface area contributed by atoms with Crippen LogP contribution in [0.25, 0.3) is 0 Å². The lowest BCUT2D eigenvalue weighted by Crippen LogP contribution is -2.34.